The molecule has 0 fully saturated rings. The van der Waals surface area contributed by atoms with Crippen molar-refractivity contribution in [2.24, 2.45) is 0 Å². The highest BCUT2D eigenvalue weighted by Crippen LogP contribution is 2.23. The summed E-state index contributed by atoms with van der Waals surface area (Å²) in [5, 5.41) is 5.43. The summed E-state index contributed by atoms with van der Waals surface area (Å²) in [4.78, 5) is 29.1. The van der Waals surface area contributed by atoms with Crippen LogP contribution in [0.3, 0.4) is 0 Å². The molecule has 0 saturated heterocycles. The molecule has 8 heteroatoms. The molecule has 31 heavy (non-hydrogen) atoms. The first-order valence-corrected chi connectivity index (χ1v) is 9.13. The third-order valence-electron chi connectivity index (χ3n) is 4.50. The highest BCUT2D eigenvalue weighted by molar-refractivity contribution is 6.11. The van der Waals surface area contributed by atoms with Gasteiger partial charge in [0.1, 0.15) is 5.82 Å². The van der Waals surface area contributed by atoms with Gasteiger partial charge in [0.2, 0.25) is 0 Å². The molecule has 1 heterocycles. The lowest BCUT2D eigenvalue weighted by Crippen LogP contribution is -2.20. The van der Waals surface area contributed by atoms with Gasteiger partial charge in [0.05, 0.1) is 11.1 Å². The molecule has 4 aromatic rings. The van der Waals surface area contributed by atoms with Gasteiger partial charge in [-0.05, 0) is 54.6 Å². The number of carbonyl (C=O) groups is 2. The van der Waals surface area contributed by atoms with Gasteiger partial charge in [0.15, 0.2) is 17.4 Å². The molecule has 0 bridgehead atoms. The average Bonchev–Trinajstić information content (AvgIpc) is 2.77. The summed E-state index contributed by atoms with van der Waals surface area (Å²) in [7, 11) is 0. The second-order valence-electron chi connectivity index (χ2n) is 6.65. The van der Waals surface area contributed by atoms with Crippen LogP contribution in [0.5, 0.6) is 0 Å². The Morgan fingerprint density at radius 2 is 1.55 bits per heavy atom. The number of pyridine rings is 1. The van der Waals surface area contributed by atoms with Gasteiger partial charge < -0.3 is 10.6 Å². The lowest BCUT2D eigenvalue weighted by Gasteiger charge is -2.11. The Bertz CT molecular complexity index is 1310. The minimum absolute atomic E-state index is 0.121. The molecule has 0 saturated carbocycles. The van der Waals surface area contributed by atoms with Crippen LogP contribution >= 0.6 is 0 Å². The van der Waals surface area contributed by atoms with Crippen LogP contribution in [-0.2, 0) is 0 Å². The van der Waals surface area contributed by atoms with Crippen molar-refractivity contribution in [2.75, 3.05) is 10.6 Å². The molecule has 0 radical (unpaired) electrons. The zero-order valence-corrected chi connectivity index (χ0v) is 15.8. The average molecular weight is 421 g/mol. The van der Waals surface area contributed by atoms with Gasteiger partial charge in [-0.1, -0.05) is 6.07 Å². The van der Waals surface area contributed by atoms with Crippen LogP contribution in [0.15, 0.2) is 72.9 Å². The number of aromatic nitrogens is 1. The van der Waals surface area contributed by atoms with E-state index in [0.717, 1.165) is 24.3 Å². The molecule has 0 unspecified atom stereocenters. The predicted molar refractivity (Wildman–Crippen MR) is 111 cm³/mol. The molecule has 5 nitrogen and oxygen atoms in total. The summed E-state index contributed by atoms with van der Waals surface area (Å²) in [6.45, 7) is 0. The second kappa shape index (κ2) is 8.27. The van der Waals surface area contributed by atoms with E-state index in [1.807, 2.05) is 0 Å². The zero-order chi connectivity index (χ0) is 22.0. The number of halogens is 3. The molecule has 0 aliphatic carbocycles. The number of nitrogens with one attached hydrogen (secondary N) is 2. The lowest BCUT2D eigenvalue weighted by atomic mass is 10.0. The van der Waals surface area contributed by atoms with E-state index in [9.17, 15) is 22.8 Å². The van der Waals surface area contributed by atoms with Crippen molar-refractivity contribution in [3.63, 3.8) is 0 Å². The van der Waals surface area contributed by atoms with Crippen LogP contribution in [0.1, 0.15) is 15.9 Å². The van der Waals surface area contributed by atoms with Crippen molar-refractivity contribution in [3.05, 3.63) is 102 Å². The van der Waals surface area contributed by atoms with E-state index >= 15 is 0 Å². The number of rotatable bonds is 4. The number of amides is 2. The molecule has 0 atom stereocenters. The summed E-state index contributed by atoms with van der Waals surface area (Å²) in [6.07, 6.45) is 1.60. The first-order valence-electron chi connectivity index (χ1n) is 9.13. The Hall–Kier alpha value is -4.20. The number of carbonyl (C=O) groups excluding carboxylic acids is 2. The van der Waals surface area contributed by atoms with Crippen LogP contribution in [0.4, 0.5) is 29.3 Å². The molecule has 0 spiro atoms. The topological polar surface area (TPSA) is 71.1 Å². The number of benzene rings is 3. The highest BCUT2D eigenvalue weighted by atomic mass is 19.2. The summed E-state index contributed by atoms with van der Waals surface area (Å²) in [5.41, 5.74) is 0.442. The van der Waals surface area contributed by atoms with E-state index in [1.54, 1.807) is 24.4 Å². The molecule has 2 amide bonds. The van der Waals surface area contributed by atoms with Crippen molar-refractivity contribution in [2.45, 2.75) is 0 Å². The van der Waals surface area contributed by atoms with E-state index in [4.69, 9.17) is 0 Å². The smallest absolute Gasteiger partial charge is 0.308 e. The third kappa shape index (κ3) is 4.37. The van der Waals surface area contributed by atoms with Gasteiger partial charge in [-0.2, -0.15) is 0 Å². The summed E-state index contributed by atoms with van der Waals surface area (Å²) in [6, 6.07) is 14.1. The summed E-state index contributed by atoms with van der Waals surface area (Å²) < 4.78 is 41.5. The number of nitrogens with zero attached hydrogens (tertiary/aromatic N) is 1. The molecular weight excluding hydrogens is 407 g/mol. The van der Waals surface area contributed by atoms with E-state index in [1.165, 1.54) is 24.3 Å². The molecule has 2 N–H and O–H groups in total. The minimum atomic E-state index is -1.32. The normalized spacial score (nSPS) is 10.7. The molecule has 0 aliphatic rings. The fourth-order valence-corrected chi connectivity index (χ4v) is 3.03. The van der Waals surface area contributed by atoms with Crippen molar-refractivity contribution in [3.8, 4) is 0 Å². The van der Waals surface area contributed by atoms with E-state index in [-0.39, 0.29) is 11.3 Å². The maximum Gasteiger partial charge on any atom is 0.323 e. The first-order chi connectivity index (χ1) is 14.9. The summed E-state index contributed by atoms with van der Waals surface area (Å²) >= 11 is 0. The number of ketones is 1. The Labute approximate surface area is 174 Å². The van der Waals surface area contributed by atoms with Gasteiger partial charge in [-0.15, -0.1) is 0 Å². The number of hydrogen-bond acceptors (Lipinski definition) is 3. The monoisotopic (exact) mass is 421 g/mol. The fraction of sp³-hybridized carbons (Fsp3) is 0. The predicted octanol–water partition coefficient (Wildman–Crippen LogP) is 5.53. The number of hydrogen-bond donors (Lipinski definition) is 2. The molecule has 3 aromatic carbocycles. The van der Waals surface area contributed by atoms with Crippen LogP contribution in [0, 0.1) is 17.5 Å². The van der Waals surface area contributed by atoms with Gasteiger partial charge in [0, 0.05) is 34.6 Å². The van der Waals surface area contributed by atoms with Gasteiger partial charge >= 0.3 is 6.03 Å². The standard InChI is InChI=1S/C23H14F3N3O2/c24-15-4-6-16(7-5-15)28-23(31)29-17-11-18(21(26)19(25)12-17)22(30)14-3-8-20-13(10-14)2-1-9-27-20/h1-12H,(H2,28,29,31). The Balaban J connectivity index is 1.60. The van der Waals surface area contributed by atoms with Crippen LogP contribution < -0.4 is 10.6 Å². The summed E-state index contributed by atoms with van der Waals surface area (Å²) in [5.74, 6) is -3.82. The van der Waals surface area contributed by atoms with E-state index in [0.29, 0.717) is 16.6 Å². The Kier molecular flexibility index (Phi) is 5.36. The van der Waals surface area contributed by atoms with Crippen molar-refractivity contribution < 1.29 is 22.8 Å². The quantitative estimate of drug-likeness (QED) is 0.426. The van der Waals surface area contributed by atoms with Gasteiger partial charge in [0.25, 0.3) is 0 Å². The number of anilines is 2. The largest absolute Gasteiger partial charge is 0.323 e. The molecule has 154 valence electrons. The highest BCUT2D eigenvalue weighted by Gasteiger charge is 2.20. The zero-order valence-electron chi connectivity index (χ0n) is 15.8. The lowest BCUT2D eigenvalue weighted by molar-refractivity contribution is 0.103. The van der Waals surface area contributed by atoms with Crippen LogP contribution in [-0.4, -0.2) is 16.8 Å². The minimum Gasteiger partial charge on any atom is -0.308 e. The first kappa shape index (κ1) is 20.1. The van der Waals surface area contributed by atoms with E-state index < -0.39 is 34.8 Å². The number of urea groups is 1. The molecule has 1 aromatic heterocycles. The van der Waals surface area contributed by atoms with Crippen molar-refractivity contribution in [1.29, 1.82) is 0 Å². The maximum atomic E-state index is 14.4. The van der Waals surface area contributed by atoms with Crippen molar-refractivity contribution >= 4 is 34.1 Å². The number of fused-ring (bicyclic) bond motifs is 1. The maximum absolute atomic E-state index is 14.4. The van der Waals surface area contributed by atoms with Crippen LogP contribution in [0.25, 0.3) is 10.9 Å². The van der Waals surface area contributed by atoms with E-state index in [2.05, 4.69) is 15.6 Å². The third-order valence-corrected chi connectivity index (χ3v) is 4.50. The molecule has 4 rings (SSSR count). The Morgan fingerprint density at radius 1 is 0.806 bits per heavy atom. The second-order valence-corrected chi connectivity index (χ2v) is 6.65. The SMILES string of the molecule is O=C(Nc1ccc(F)cc1)Nc1cc(F)c(F)c(C(=O)c2ccc3ncccc3c2)c1. The Morgan fingerprint density at radius 3 is 2.32 bits per heavy atom. The molecular formula is C23H14F3N3O2. The van der Waals surface area contributed by atoms with Crippen LogP contribution in [0.2, 0.25) is 0 Å². The van der Waals surface area contributed by atoms with Gasteiger partial charge in [-0.25, -0.2) is 18.0 Å². The molecule has 0 aliphatic heterocycles. The van der Waals surface area contributed by atoms with Gasteiger partial charge in [-0.3, -0.25) is 9.78 Å². The van der Waals surface area contributed by atoms with Crippen molar-refractivity contribution in [1.82, 2.24) is 4.98 Å². The fourth-order valence-electron chi connectivity index (χ4n) is 3.03.